The highest BCUT2D eigenvalue weighted by Gasteiger charge is 2.12. The molecule has 0 aromatic heterocycles. The van der Waals surface area contributed by atoms with Gasteiger partial charge in [-0.15, -0.1) is 24.0 Å². The molecule has 0 spiro atoms. The van der Waals surface area contributed by atoms with Gasteiger partial charge in [0.2, 0.25) is 0 Å². The zero-order valence-electron chi connectivity index (χ0n) is 17.6. The fourth-order valence-electron chi connectivity index (χ4n) is 2.83. The predicted octanol–water partition coefficient (Wildman–Crippen LogP) is 3.36. The van der Waals surface area contributed by atoms with E-state index in [1.807, 2.05) is 6.92 Å². The van der Waals surface area contributed by atoms with E-state index in [4.69, 9.17) is 11.6 Å². The lowest BCUT2D eigenvalue weighted by Gasteiger charge is -2.29. The Labute approximate surface area is 191 Å². The zero-order valence-corrected chi connectivity index (χ0v) is 20.7. The van der Waals surface area contributed by atoms with Gasteiger partial charge in [-0.2, -0.15) is 0 Å². The summed E-state index contributed by atoms with van der Waals surface area (Å²) in [5.41, 5.74) is 0.488. The molecular formula is C20H35ClIN5O. The molecule has 1 amide bonds. The fourth-order valence-corrected chi connectivity index (χ4v) is 3.05. The largest absolute Gasteiger partial charge is 0.357 e. The monoisotopic (exact) mass is 523 g/mol. The van der Waals surface area contributed by atoms with Crippen LogP contribution in [0, 0.1) is 0 Å². The van der Waals surface area contributed by atoms with E-state index in [9.17, 15) is 4.79 Å². The molecule has 0 heterocycles. The van der Waals surface area contributed by atoms with Gasteiger partial charge in [-0.25, -0.2) is 0 Å². The molecular weight excluding hydrogens is 489 g/mol. The lowest BCUT2D eigenvalue weighted by Crippen LogP contribution is -2.43. The fraction of sp³-hybridized carbons (Fsp3) is 0.600. The average molecular weight is 524 g/mol. The second-order valence-electron chi connectivity index (χ2n) is 6.85. The summed E-state index contributed by atoms with van der Waals surface area (Å²) >= 11 is 6.04. The summed E-state index contributed by atoms with van der Waals surface area (Å²) in [7, 11) is 0. The Morgan fingerprint density at radius 3 is 2.25 bits per heavy atom. The second kappa shape index (κ2) is 14.9. The van der Waals surface area contributed by atoms with E-state index in [1.54, 1.807) is 24.3 Å². The predicted molar refractivity (Wildman–Crippen MR) is 130 cm³/mol. The number of halogens is 2. The third-order valence-electron chi connectivity index (χ3n) is 4.12. The lowest BCUT2D eigenvalue weighted by molar-refractivity contribution is 0.0954. The van der Waals surface area contributed by atoms with Crippen LogP contribution < -0.4 is 16.0 Å². The lowest BCUT2D eigenvalue weighted by atomic mass is 10.2. The molecule has 0 unspecified atom stereocenters. The average Bonchev–Trinajstić information content (AvgIpc) is 2.61. The highest BCUT2D eigenvalue weighted by atomic mass is 127. The molecule has 0 aliphatic rings. The molecule has 1 aromatic carbocycles. The molecule has 1 aromatic rings. The SMILES string of the molecule is CCNC(=NCCN(C(C)C)C(C)C)NCCNC(=O)c1ccccc1Cl.I. The Morgan fingerprint density at radius 1 is 1.07 bits per heavy atom. The van der Waals surface area contributed by atoms with Crippen molar-refractivity contribution in [2.24, 2.45) is 4.99 Å². The van der Waals surface area contributed by atoms with Gasteiger partial charge in [-0.05, 0) is 46.8 Å². The van der Waals surface area contributed by atoms with Gasteiger partial charge in [0.25, 0.3) is 5.91 Å². The van der Waals surface area contributed by atoms with Crippen molar-refractivity contribution < 1.29 is 4.79 Å². The maximum absolute atomic E-state index is 12.1. The van der Waals surface area contributed by atoms with Crippen LogP contribution in [0.4, 0.5) is 0 Å². The minimum atomic E-state index is -0.172. The molecule has 8 heteroatoms. The number of guanidine groups is 1. The molecule has 0 aliphatic heterocycles. The van der Waals surface area contributed by atoms with E-state index in [-0.39, 0.29) is 29.9 Å². The van der Waals surface area contributed by atoms with Crippen molar-refractivity contribution in [3.8, 4) is 0 Å². The van der Waals surface area contributed by atoms with Crippen LogP contribution >= 0.6 is 35.6 Å². The minimum Gasteiger partial charge on any atom is -0.357 e. The van der Waals surface area contributed by atoms with E-state index in [2.05, 4.69) is 53.5 Å². The maximum atomic E-state index is 12.1. The third kappa shape index (κ3) is 9.93. The molecule has 1 rings (SSSR count). The normalized spacial score (nSPS) is 11.5. The first-order chi connectivity index (χ1) is 12.9. The molecule has 0 saturated carbocycles. The van der Waals surface area contributed by atoms with Crippen LogP contribution in [0.25, 0.3) is 0 Å². The molecule has 0 saturated heterocycles. The maximum Gasteiger partial charge on any atom is 0.252 e. The molecule has 28 heavy (non-hydrogen) atoms. The number of carbonyl (C=O) groups is 1. The van der Waals surface area contributed by atoms with E-state index in [0.29, 0.717) is 35.8 Å². The van der Waals surface area contributed by atoms with Gasteiger partial charge in [-0.3, -0.25) is 14.7 Å². The number of carbonyl (C=O) groups excluding carboxylic acids is 1. The highest BCUT2D eigenvalue weighted by molar-refractivity contribution is 14.0. The molecule has 0 bridgehead atoms. The molecule has 160 valence electrons. The standard InChI is InChI=1S/C20H34ClN5O.HI/c1-6-22-20(25-13-14-26(15(2)3)16(4)5)24-12-11-23-19(27)17-9-7-8-10-18(17)21;/h7-10,15-16H,6,11-14H2,1-5H3,(H,23,27)(H2,22,24,25);1H. The number of aliphatic imine (C=N–C) groups is 1. The highest BCUT2D eigenvalue weighted by Crippen LogP contribution is 2.14. The Morgan fingerprint density at radius 2 is 1.68 bits per heavy atom. The molecule has 3 N–H and O–H groups in total. The van der Waals surface area contributed by atoms with Crippen molar-refractivity contribution in [1.29, 1.82) is 0 Å². The Hall–Kier alpha value is -1.06. The van der Waals surface area contributed by atoms with E-state index < -0.39 is 0 Å². The number of rotatable bonds is 10. The van der Waals surface area contributed by atoms with Gasteiger partial charge in [0.1, 0.15) is 0 Å². The van der Waals surface area contributed by atoms with Crippen molar-refractivity contribution in [2.45, 2.75) is 46.7 Å². The van der Waals surface area contributed by atoms with Crippen LogP contribution in [-0.2, 0) is 0 Å². The molecule has 0 fully saturated rings. The first-order valence-corrected chi connectivity index (χ1v) is 10.0. The van der Waals surface area contributed by atoms with Crippen molar-refractivity contribution in [1.82, 2.24) is 20.9 Å². The first kappa shape index (κ1) is 26.9. The number of nitrogens with zero attached hydrogens (tertiary/aromatic N) is 2. The number of benzene rings is 1. The Balaban J connectivity index is 0.00000729. The van der Waals surface area contributed by atoms with Crippen molar-refractivity contribution >= 4 is 47.4 Å². The third-order valence-corrected chi connectivity index (χ3v) is 4.45. The number of hydrogen-bond acceptors (Lipinski definition) is 3. The number of nitrogens with one attached hydrogen (secondary N) is 3. The summed E-state index contributed by atoms with van der Waals surface area (Å²) < 4.78 is 0. The molecule has 0 aliphatic carbocycles. The quantitative estimate of drug-likeness (QED) is 0.190. The van der Waals surface area contributed by atoms with Crippen LogP contribution in [0.15, 0.2) is 29.3 Å². The second-order valence-corrected chi connectivity index (χ2v) is 7.26. The van der Waals surface area contributed by atoms with Crippen molar-refractivity contribution in [3.63, 3.8) is 0 Å². The number of hydrogen-bond donors (Lipinski definition) is 3. The van der Waals surface area contributed by atoms with Crippen LogP contribution in [0.1, 0.15) is 45.0 Å². The van der Waals surface area contributed by atoms with Gasteiger partial charge < -0.3 is 16.0 Å². The minimum absolute atomic E-state index is 0. The van der Waals surface area contributed by atoms with Gasteiger partial charge in [0.15, 0.2) is 5.96 Å². The Bertz CT molecular complexity index is 602. The zero-order chi connectivity index (χ0) is 20.2. The van der Waals surface area contributed by atoms with Gasteiger partial charge in [-0.1, -0.05) is 23.7 Å². The smallest absolute Gasteiger partial charge is 0.252 e. The summed E-state index contributed by atoms with van der Waals surface area (Å²) in [6.07, 6.45) is 0. The molecule has 0 radical (unpaired) electrons. The van der Waals surface area contributed by atoms with Crippen LogP contribution in [-0.4, -0.2) is 61.6 Å². The van der Waals surface area contributed by atoms with Gasteiger partial charge >= 0.3 is 0 Å². The van der Waals surface area contributed by atoms with E-state index >= 15 is 0 Å². The summed E-state index contributed by atoms with van der Waals surface area (Å²) in [4.78, 5) is 19.2. The topological polar surface area (TPSA) is 68.8 Å². The summed E-state index contributed by atoms with van der Waals surface area (Å²) in [6.45, 7) is 14.3. The molecule has 0 atom stereocenters. The van der Waals surface area contributed by atoms with Gasteiger partial charge in [0.05, 0.1) is 17.1 Å². The summed E-state index contributed by atoms with van der Waals surface area (Å²) in [6, 6.07) is 8.02. The van der Waals surface area contributed by atoms with E-state index in [0.717, 1.165) is 25.6 Å². The van der Waals surface area contributed by atoms with Crippen LogP contribution in [0.3, 0.4) is 0 Å². The summed E-state index contributed by atoms with van der Waals surface area (Å²) in [5.74, 6) is 0.589. The number of amides is 1. The van der Waals surface area contributed by atoms with Crippen LogP contribution in [0.2, 0.25) is 5.02 Å². The summed E-state index contributed by atoms with van der Waals surface area (Å²) in [5, 5.41) is 9.80. The van der Waals surface area contributed by atoms with Crippen molar-refractivity contribution in [3.05, 3.63) is 34.9 Å². The van der Waals surface area contributed by atoms with Crippen molar-refractivity contribution in [2.75, 3.05) is 32.7 Å². The Kier molecular flexibility index (Phi) is 14.3. The van der Waals surface area contributed by atoms with Crippen LogP contribution in [0.5, 0.6) is 0 Å². The van der Waals surface area contributed by atoms with E-state index in [1.165, 1.54) is 0 Å². The van der Waals surface area contributed by atoms with Gasteiger partial charge in [0, 0.05) is 38.3 Å². The first-order valence-electron chi connectivity index (χ1n) is 9.67. The molecule has 6 nitrogen and oxygen atoms in total.